The molecule has 1 fully saturated rings. The minimum atomic E-state index is -3.68. The van der Waals surface area contributed by atoms with Gasteiger partial charge in [0.1, 0.15) is 11.5 Å². The smallest absolute Gasteiger partial charge is 0.313 e. The van der Waals surface area contributed by atoms with Crippen LogP contribution < -0.4 is 20.1 Å². The van der Waals surface area contributed by atoms with Gasteiger partial charge in [0.2, 0.25) is 10.0 Å². The summed E-state index contributed by atoms with van der Waals surface area (Å²) < 4.78 is 38.1. The molecule has 9 nitrogen and oxygen atoms in total. The fraction of sp³-hybridized carbons (Fsp3) is 0.391. The van der Waals surface area contributed by atoms with E-state index in [-0.39, 0.29) is 17.5 Å². The number of methoxy groups -OCH3 is 2. The summed E-state index contributed by atoms with van der Waals surface area (Å²) in [5.41, 5.74) is 0.443. The van der Waals surface area contributed by atoms with E-state index >= 15 is 0 Å². The maximum Gasteiger partial charge on any atom is 0.313 e. The molecule has 1 aliphatic heterocycles. The van der Waals surface area contributed by atoms with Crippen LogP contribution >= 0.6 is 0 Å². The average molecular weight is 476 g/mol. The van der Waals surface area contributed by atoms with Gasteiger partial charge in [0.15, 0.2) is 0 Å². The number of hydrogen-bond acceptors (Lipinski definition) is 6. The van der Waals surface area contributed by atoms with Crippen LogP contribution in [0.15, 0.2) is 53.4 Å². The first kappa shape index (κ1) is 24.5. The molecular formula is C23H29N3O6S. The van der Waals surface area contributed by atoms with Gasteiger partial charge in [-0.05, 0) is 55.7 Å². The van der Waals surface area contributed by atoms with Gasteiger partial charge in [-0.2, -0.15) is 4.31 Å². The van der Waals surface area contributed by atoms with Gasteiger partial charge in [-0.1, -0.05) is 12.5 Å². The topological polar surface area (TPSA) is 114 Å². The number of ether oxygens (including phenoxy) is 2. The van der Waals surface area contributed by atoms with E-state index in [1.807, 2.05) is 0 Å². The van der Waals surface area contributed by atoms with E-state index in [4.69, 9.17) is 9.47 Å². The van der Waals surface area contributed by atoms with Crippen molar-refractivity contribution in [3.8, 4) is 11.5 Å². The van der Waals surface area contributed by atoms with Crippen molar-refractivity contribution in [1.82, 2.24) is 9.62 Å². The van der Waals surface area contributed by atoms with Crippen LogP contribution in [-0.4, -0.2) is 57.9 Å². The second-order valence-electron chi connectivity index (χ2n) is 7.67. The van der Waals surface area contributed by atoms with Gasteiger partial charge in [0.05, 0.1) is 19.1 Å². The highest BCUT2D eigenvalue weighted by molar-refractivity contribution is 7.89. The fourth-order valence-corrected chi connectivity index (χ4v) is 5.51. The molecule has 1 unspecified atom stereocenters. The predicted molar refractivity (Wildman–Crippen MR) is 124 cm³/mol. The number of amides is 2. The lowest BCUT2D eigenvalue weighted by atomic mass is 10.0. The molecule has 10 heteroatoms. The lowest BCUT2D eigenvalue weighted by Crippen LogP contribution is -2.45. The molecule has 0 saturated carbocycles. The van der Waals surface area contributed by atoms with Crippen LogP contribution in [0.3, 0.4) is 0 Å². The van der Waals surface area contributed by atoms with Crippen molar-refractivity contribution in [2.45, 2.75) is 36.6 Å². The van der Waals surface area contributed by atoms with E-state index in [0.29, 0.717) is 36.6 Å². The van der Waals surface area contributed by atoms with Gasteiger partial charge in [0, 0.05) is 30.9 Å². The quantitative estimate of drug-likeness (QED) is 0.567. The highest BCUT2D eigenvalue weighted by atomic mass is 32.2. The van der Waals surface area contributed by atoms with Gasteiger partial charge in [-0.25, -0.2) is 8.42 Å². The number of carbonyl (C=O) groups is 2. The van der Waals surface area contributed by atoms with Crippen molar-refractivity contribution in [1.29, 1.82) is 0 Å². The Kier molecular flexibility index (Phi) is 8.29. The van der Waals surface area contributed by atoms with Gasteiger partial charge in [0.25, 0.3) is 0 Å². The normalized spacial score (nSPS) is 16.6. The molecule has 1 atom stereocenters. The van der Waals surface area contributed by atoms with Crippen LogP contribution in [0.4, 0.5) is 5.69 Å². The van der Waals surface area contributed by atoms with Crippen LogP contribution in [0, 0.1) is 0 Å². The third-order valence-electron chi connectivity index (χ3n) is 5.54. The number of nitrogens with one attached hydrogen (secondary N) is 2. The Morgan fingerprint density at radius 3 is 2.42 bits per heavy atom. The largest absolute Gasteiger partial charge is 0.497 e. The summed E-state index contributed by atoms with van der Waals surface area (Å²) in [5, 5.41) is 5.11. The van der Waals surface area contributed by atoms with Crippen LogP contribution in [0.1, 0.15) is 25.7 Å². The Morgan fingerprint density at radius 2 is 1.73 bits per heavy atom. The molecule has 1 aliphatic rings. The summed E-state index contributed by atoms with van der Waals surface area (Å²) in [6, 6.07) is 12.7. The lowest BCUT2D eigenvalue weighted by molar-refractivity contribution is -0.136. The highest BCUT2D eigenvalue weighted by Crippen LogP contribution is 2.28. The second kappa shape index (κ2) is 11.2. The molecule has 2 amide bonds. The van der Waals surface area contributed by atoms with Crippen LogP contribution in [-0.2, 0) is 19.6 Å². The Balaban J connectivity index is 1.57. The number of hydrogen-bond donors (Lipinski definition) is 2. The highest BCUT2D eigenvalue weighted by Gasteiger charge is 2.33. The number of nitrogens with zero attached hydrogens (tertiary/aromatic N) is 1. The maximum absolute atomic E-state index is 13.2. The molecule has 3 rings (SSSR count). The first-order valence-electron chi connectivity index (χ1n) is 10.7. The number of benzene rings is 2. The summed E-state index contributed by atoms with van der Waals surface area (Å²) >= 11 is 0. The number of anilines is 1. The lowest BCUT2D eigenvalue weighted by Gasteiger charge is -2.34. The van der Waals surface area contributed by atoms with Crippen molar-refractivity contribution in [2.24, 2.45) is 0 Å². The molecule has 1 heterocycles. The molecular weight excluding hydrogens is 446 g/mol. The third-order valence-corrected chi connectivity index (χ3v) is 7.50. The van der Waals surface area contributed by atoms with E-state index in [9.17, 15) is 18.0 Å². The van der Waals surface area contributed by atoms with Crippen molar-refractivity contribution in [3.05, 3.63) is 48.5 Å². The monoisotopic (exact) mass is 475 g/mol. The molecule has 2 aromatic rings. The zero-order valence-corrected chi connectivity index (χ0v) is 19.6. The molecule has 33 heavy (non-hydrogen) atoms. The number of sulfonamides is 1. The average Bonchev–Trinajstić information content (AvgIpc) is 2.84. The van der Waals surface area contributed by atoms with Gasteiger partial charge in [-0.15, -0.1) is 0 Å². The zero-order chi connectivity index (χ0) is 23.8. The number of rotatable bonds is 8. The summed E-state index contributed by atoms with van der Waals surface area (Å²) in [7, 11) is -0.642. The molecule has 0 radical (unpaired) electrons. The van der Waals surface area contributed by atoms with Crippen LogP contribution in [0.2, 0.25) is 0 Å². The van der Waals surface area contributed by atoms with Crippen LogP contribution in [0.25, 0.3) is 0 Å². The maximum atomic E-state index is 13.2. The number of carbonyl (C=O) groups excluding carboxylic acids is 2. The Labute approximate surface area is 194 Å². The predicted octanol–water partition coefficient (Wildman–Crippen LogP) is 2.39. The first-order valence-corrected chi connectivity index (χ1v) is 12.2. The summed E-state index contributed by atoms with van der Waals surface area (Å²) in [6.45, 7) is 0.604. The van der Waals surface area contributed by atoms with Crippen molar-refractivity contribution in [2.75, 3.05) is 32.6 Å². The molecule has 2 N–H and O–H groups in total. The third kappa shape index (κ3) is 6.23. The van der Waals surface area contributed by atoms with E-state index < -0.39 is 21.8 Å². The zero-order valence-electron chi connectivity index (χ0n) is 18.7. The number of piperidine rings is 1. The van der Waals surface area contributed by atoms with E-state index in [2.05, 4.69) is 10.6 Å². The molecule has 0 aromatic heterocycles. The SMILES string of the molecule is COc1ccc(S(=O)(=O)N2CCCCC2CCNC(=O)C(=O)Nc2cccc(OC)c2)cc1. The first-order chi connectivity index (χ1) is 15.8. The van der Waals surface area contributed by atoms with Gasteiger partial charge in [-0.3, -0.25) is 9.59 Å². The van der Waals surface area contributed by atoms with Crippen LogP contribution in [0.5, 0.6) is 11.5 Å². The summed E-state index contributed by atoms with van der Waals surface area (Å²) in [5.74, 6) is -0.435. The molecule has 178 valence electrons. The Hall–Kier alpha value is -3.11. The van der Waals surface area contributed by atoms with E-state index in [0.717, 1.165) is 12.8 Å². The minimum Gasteiger partial charge on any atom is -0.497 e. The molecule has 0 bridgehead atoms. The molecule has 2 aromatic carbocycles. The fourth-order valence-electron chi connectivity index (χ4n) is 3.78. The van der Waals surface area contributed by atoms with E-state index in [1.165, 1.54) is 30.7 Å². The van der Waals surface area contributed by atoms with Crippen molar-refractivity contribution >= 4 is 27.5 Å². The van der Waals surface area contributed by atoms with Crippen molar-refractivity contribution < 1.29 is 27.5 Å². The molecule has 1 saturated heterocycles. The Morgan fingerprint density at radius 1 is 1.00 bits per heavy atom. The van der Waals surface area contributed by atoms with Gasteiger partial charge >= 0.3 is 11.8 Å². The minimum absolute atomic E-state index is 0.184. The molecule has 0 aliphatic carbocycles. The molecule has 0 spiro atoms. The van der Waals surface area contributed by atoms with Crippen molar-refractivity contribution in [3.63, 3.8) is 0 Å². The Bertz CT molecular complexity index is 1070. The van der Waals surface area contributed by atoms with E-state index in [1.54, 1.807) is 36.4 Å². The summed E-state index contributed by atoms with van der Waals surface area (Å²) in [4.78, 5) is 24.6. The standard InChI is InChI=1S/C23H29N3O6S/c1-31-19-9-11-21(12-10-19)33(29,30)26-15-4-3-7-18(26)13-14-24-22(27)23(28)25-17-6-5-8-20(16-17)32-2/h5-6,8-12,16,18H,3-4,7,13-15H2,1-2H3,(H,24,27)(H,25,28). The second-order valence-corrected chi connectivity index (χ2v) is 9.56. The summed E-state index contributed by atoms with van der Waals surface area (Å²) in [6.07, 6.45) is 2.79. The van der Waals surface area contributed by atoms with Gasteiger partial charge < -0.3 is 20.1 Å².